The number of rotatable bonds is 3. The Balaban J connectivity index is 2.42. The Hall–Kier alpha value is 0.394. The minimum atomic E-state index is 0.190. The Labute approximate surface area is 75.5 Å². The Kier molecular flexibility index (Phi) is 3.82. The zero-order valence-corrected chi connectivity index (χ0v) is 11.4. The highest BCUT2D eigenvalue weighted by Gasteiger charge is 2.27. The lowest BCUT2D eigenvalue weighted by Gasteiger charge is -2.37. The van der Waals surface area contributed by atoms with Crippen LogP contribution in [0.3, 0.4) is 0 Å². The van der Waals surface area contributed by atoms with Crippen LogP contribution in [0.1, 0.15) is 45.4 Å². The molecule has 0 heterocycles. The van der Waals surface area contributed by atoms with E-state index in [1.807, 2.05) is 0 Å². The SMILES string of the molecule is CCC1(N[SiH2][SiH3])CCCCC1. The van der Waals surface area contributed by atoms with E-state index in [1.165, 1.54) is 48.3 Å². The second-order valence-electron chi connectivity index (χ2n) is 3.72. The van der Waals surface area contributed by atoms with Crippen molar-refractivity contribution in [2.75, 3.05) is 0 Å². The van der Waals surface area contributed by atoms with Crippen LogP contribution < -0.4 is 4.98 Å². The highest BCUT2D eigenvalue weighted by atomic mass is 29.1. The summed E-state index contributed by atoms with van der Waals surface area (Å²) in [7, 11) is 1.63. The van der Waals surface area contributed by atoms with Crippen molar-refractivity contribution in [3.8, 4) is 0 Å². The van der Waals surface area contributed by atoms with E-state index in [9.17, 15) is 0 Å². The first kappa shape index (κ1) is 9.48. The van der Waals surface area contributed by atoms with Crippen molar-refractivity contribution in [1.29, 1.82) is 0 Å². The van der Waals surface area contributed by atoms with Gasteiger partial charge in [-0.25, -0.2) is 0 Å². The molecule has 0 aromatic carbocycles. The third kappa shape index (κ3) is 2.42. The monoisotopic (exact) mass is 187 g/mol. The molecule has 1 aliphatic rings. The van der Waals surface area contributed by atoms with E-state index in [2.05, 4.69) is 11.9 Å². The van der Waals surface area contributed by atoms with Crippen LogP contribution >= 0.6 is 0 Å². The summed E-state index contributed by atoms with van der Waals surface area (Å²) >= 11 is 0. The van der Waals surface area contributed by atoms with Crippen molar-refractivity contribution in [3.05, 3.63) is 0 Å². The summed E-state index contributed by atoms with van der Waals surface area (Å²) in [6, 6.07) is 0. The van der Waals surface area contributed by atoms with Crippen molar-refractivity contribution < 1.29 is 0 Å². The van der Waals surface area contributed by atoms with Gasteiger partial charge in [-0.15, -0.1) is 0 Å². The lowest BCUT2D eigenvalue weighted by molar-refractivity contribution is 0.263. The molecule has 11 heavy (non-hydrogen) atoms. The maximum Gasteiger partial charge on any atom is 0.0728 e. The van der Waals surface area contributed by atoms with E-state index in [4.69, 9.17) is 0 Å². The van der Waals surface area contributed by atoms with Gasteiger partial charge in [-0.3, -0.25) is 0 Å². The van der Waals surface area contributed by atoms with E-state index in [0.29, 0.717) is 5.54 Å². The van der Waals surface area contributed by atoms with E-state index in [-0.39, 0.29) is 9.20 Å². The van der Waals surface area contributed by atoms with Crippen LogP contribution in [-0.4, -0.2) is 24.5 Å². The second-order valence-corrected chi connectivity index (χ2v) is 6.91. The summed E-state index contributed by atoms with van der Waals surface area (Å²) < 4.78 is 0. The third-order valence-electron chi connectivity index (χ3n) is 3.04. The average Bonchev–Trinajstić information content (AvgIpc) is 2.07. The fourth-order valence-electron chi connectivity index (χ4n) is 2.26. The quantitative estimate of drug-likeness (QED) is 0.616. The third-order valence-corrected chi connectivity index (χ3v) is 5.20. The second kappa shape index (κ2) is 4.43. The minimum Gasteiger partial charge on any atom is -0.340 e. The molecule has 0 aromatic rings. The average molecular weight is 187 g/mol. The van der Waals surface area contributed by atoms with Gasteiger partial charge in [0.2, 0.25) is 0 Å². The zero-order chi connectivity index (χ0) is 8.16. The van der Waals surface area contributed by atoms with Crippen molar-refractivity contribution in [3.63, 3.8) is 0 Å². The van der Waals surface area contributed by atoms with Crippen molar-refractivity contribution in [1.82, 2.24) is 4.98 Å². The van der Waals surface area contributed by atoms with Crippen molar-refractivity contribution >= 4 is 19.0 Å². The number of hydrogen-bond donors (Lipinski definition) is 1. The molecule has 0 bridgehead atoms. The molecule has 1 rings (SSSR count). The molecule has 1 aliphatic carbocycles. The lowest BCUT2D eigenvalue weighted by atomic mass is 9.81. The summed E-state index contributed by atoms with van der Waals surface area (Å²) in [5.41, 5.74) is 0.617. The zero-order valence-electron chi connectivity index (χ0n) is 7.95. The summed E-state index contributed by atoms with van der Waals surface area (Å²) in [6.45, 7) is 2.35. The molecule has 1 N–H and O–H groups in total. The summed E-state index contributed by atoms with van der Waals surface area (Å²) in [5.74, 6) is 0. The molecule has 1 fully saturated rings. The highest BCUT2D eigenvalue weighted by molar-refractivity contribution is 6.87. The Morgan fingerprint density at radius 3 is 2.45 bits per heavy atom. The van der Waals surface area contributed by atoms with E-state index in [1.54, 1.807) is 0 Å². The van der Waals surface area contributed by atoms with Crippen LogP contribution in [0.2, 0.25) is 0 Å². The van der Waals surface area contributed by atoms with Crippen LogP contribution in [0.4, 0.5) is 0 Å². The van der Waals surface area contributed by atoms with Gasteiger partial charge in [0, 0.05) is 15.3 Å². The number of hydrogen-bond acceptors (Lipinski definition) is 1. The molecule has 0 unspecified atom stereocenters. The lowest BCUT2D eigenvalue weighted by Crippen LogP contribution is -2.48. The van der Waals surface area contributed by atoms with Crippen LogP contribution in [0.5, 0.6) is 0 Å². The van der Waals surface area contributed by atoms with Gasteiger partial charge in [-0.2, -0.15) is 0 Å². The number of nitrogens with one attached hydrogen (secondary N) is 1. The molecule has 1 nitrogen and oxygen atoms in total. The topological polar surface area (TPSA) is 12.0 Å². The smallest absolute Gasteiger partial charge is 0.0728 e. The molecule has 0 amide bonds. The molecule has 66 valence electrons. The predicted molar refractivity (Wildman–Crippen MR) is 57.7 cm³/mol. The van der Waals surface area contributed by atoms with Gasteiger partial charge in [0.25, 0.3) is 0 Å². The summed E-state index contributed by atoms with van der Waals surface area (Å²) in [6.07, 6.45) is 8.69. The predicted octanol–water partition coefficient (Wildman–Crippen LogP) is 0.0531. The first-order valence-electron chi connectivity index (χ1n) is 5.08. The molecular weight excluding hydrogens is 166 g/mol. The molecule has 0 aromatic heterocycles. The standard InChI is InChI=1S/C8H21NSi2/c1-2-8(9-11-10)6-4-3-5-7-8/h9H,2-7,11H2,1,10H3. The van der Waals surface area contributed by atoms with Gasteiger partial charge >= 0.3 is 0 Å². The fraction of sp³-hybridized carbons (Fsp3) is 1.00. The fourth-order valence-corrected chi connectivity index (χ4v) is 5.86. The van der Waals surface area contributed by atoms with Crippen LogP contribution in [0.25, 0.3) is 0 Å². The van der Waals surface area contributed by atoms with Gasteiger partial charge in [0.1, 0.15) is 0 Å². The van der Waals surface area contributed by atoms with Gasteiger partial charge < -0.3 is 4.98 Å². The first-order chi connectivity index (χ1) is 5.33. The molecule has 3 heteroatoms. The molecular formula is C8H21NSi2. The highest BCUT2D eigenvalue weighted by Crippen LogP contribution is 2.30. The maximum absolute atomic E-state index is 3.85. The normalized spacial score (nSPS) is 24.8. The van der Waals surface area contributed by atoms with E-state index in [0.717, 1.165) is 0 Å². The van der Waals surface area contributed by atoms with Crippen LogP contribution in [0.15, 0.2) is 0 Å². The van der Waals surface area contributed by atoms with E-state index >= 15 is 0 Å². The van der Waals surface area contributed by atoms with Crippen molar-refractivity contribution in [2.24, 2.45) is 0 Å². The largest absolute Gasteiger partial charge is 0.340 e. The molecule has 0 spiro atoms. The van der Waals surface area contributed by atoms with E-state index < -0.39 is 0 Å². The molecule has 0 aliphatic heterocycles. The molecule has 0 saturated heterocycles. The maximum atomic E-state index is 3.85. The first-order valence-corrected chi connectivity index (χ1v) is 11.4. The minimum absolute atomic E-state index is 0.190. The van der Waals surface area contributed by atoms with Crippen LogP contribution in [0, 0.1) is 0 Å². The Morgan fingerprint density at radius 1 is 1.36 bits per heavy atom. The summed E-state index contributed by atoms with van der Waals surface area (Å²) in [5, 5.41) is 0. The molecule has 1 saturated carbocycles. The molecule has 0 radical (unpaired) electrons. The van der Waals surface area contributed by atoms with Gasteiger partial charge in [-0.05, 0) is 19.3 Å². The Bertz CT molecular complexity index is 105. The molecule has 0 atom stereocenters. The Morgan fingerprint density at radius 2 is 2.00 bits per heavy atom. The van der Waals surface area contributed by atoms with Gasteiger partial charge in [0.15, 0.2) is 0 Å². The van der Waals surface area contributed by atoms with Crippen molar-refractivity contribution in [2.45, 2.75) is 51.0 Å². The summed E-state index contributed by atoms with van der Waals surface area (Å²) in [4.78, 5) is 3.85. The van der Waals surface area contributed by atoms with Gasteiger partial charge in [-0.1, -0.05) is 26.2 Å². The van der Waals surface area contributed by atoms with Crippen LogP contribution in [-0.2, 0) is 0 Å². The van der Waals surface area contributed by atoms with Gasteiger partial charge in [0.05, 0.1) is 9.20 Å².